The van der Waals surface area contributed by atoms with Crippen LogP contribution in [-0.4, -0.2) is 34.7 Å². The summed E-state index contributed by atoms with van der Waals surface area (Å²) in [6.07, 6.45) is -4.27. The normalized spacial score (nSPS) is 17.7. The fourth-order valence-corrected chi connectivity index (χ4v) is 2.68. The number of carbonyl (C=O) groups is 1. The van der Waals surface area contributed by atoms with E-state index in [1.807, 2.05) is 0 Å². The first kappa shape index (κ1) is 19.3. The highest BCUT2D eigenvalue weighted by Gasteiger charge is 2.33. The topological polar surface area (TPSA) is 42.4 Å². The Bertz CT molecular complexity index is 703. The fourth-order valence-electron chi connectivity index (χ4n) is 2.68. The Morgan fingerprint density at radius 3 is 2.44 bits per heavy atom. The molecule has 1 aliphatic rings. The van der Waals surface area contributed by atoms with Crippen LogP contribution < -0.4 is 0 Å². The van der Waals surface area contributed by atoms with Crippen molar-refractivity contribution in [2.24, 2.45) is 0 Å². The van der Waals surface area contributed by atoms with E-state index in [0.29, 0.717) is 30.8 Å². The van der Waals surface area contributed by atoms with E-state index in [0.717, 1.165) is 17.2 Å². The van der Waals surface area contributed by atoms with Gasteiger partial charge >= 0.3 is 12.3 Å². The van der Waals surface area contributed by atoms with Crippen molar-refractivity contribution in [3.05, 3.63) is 34.7 Å². The lowest BCUT2D eigenvalue weighted by Gasteiger charge is -2.24. The van der Waals surface area contributed by atoms with Crippen LogP contribution in [0.1, 0.15) is 51.1 Å². The molecule has 0 bridgehead atoms. The monoisotopic (exact) mass is 356 g/mol. The number of ether oxygens (including phenoxy) is 1. The summed E-state index contributed by atoms with van der Waals surface area (Å²) in [4.78, 5) is 17.3. The van der Waals surface area contributed by atoms with E-state index in [9.17, 15) is 18.0 Å². The number of allylic oxidation sites excluding steroid dienone is 1. The average molecular weight is 356 g/mol. The highest BCUT2D eigenvalue weighted by Crippen LogP contribution is 2.32. The van der Waals surface area contributed by atoms with Crippen molar-refractivity contribution in [2.45, 2.75) is 52.8 Å². The summed E-state index contributed by atoms with van der Waals surface area (Å²) in [5.74, 6) is 0. The Balaban J connectivity index is 2.24. The number of nitrogens with zero attached hydrogens (tertiary/aromatic N) is 2. The molecular formula is C18H23F3N2O2. The Labute approximate surface area is 145 Å². The molecule has 1 saturated heterocycles. The molecule has 1 fully saturated rings. The molecule has 0 aliphatic carbocycles. The minimum absolute atomic E-state index is 0.312. The van der Waals surface area contributed by atoms with Gasteiger partial charge in [-0.2, -0.15) is 13.2 Å². The molecule has 7 heteroatoms. The molecular weight excluding hydrogens is 333 g/mol. The van der Waals surface area contributed by atoms with Gasteiger partial charge in [-0.25, -0.2) is 9.78 Å². The molecule has 2 rings (SSSR count). The second kappa shape index (κ2) is 6.69. The van der Waals surface area contributed by atoms with Crippen molar-refractivity contribution in [3.63, 3.8) is 0 Å². The second-order valence-electron chi connectivity index (χ2n) is 7.26. The highest BCUT2D eigenvalue weighted by atomic mass is 19.4. The van der Waals surface area contributed by atoms with Crippen LogP contribution in [-0.2, 0) is 10.9 Å². The van der Waals surface area contributed by atoms with Crippen LogP contribution in [0, 0.1) is 6.92 Å². The molecule has 4 nitrogen and oxygen atoms in total. The molecule has 0 radical (unpaired) electrons. The number of carbonyl (C=O) groups excluding carboxylic acids is 1. The van der Waals surface area contributed by atoms with Crippen molar-refractivity contribution in [2.75, 3.05) is 13.1 Å². The molecule has 0 atom stereocenters. The second-order valence-corrected chi connectivity index (χ2v) is 7.26. The summed E-state index contributed by atoms with van der Waals surface area (Å²) in [6.45, 7) is 9.56. The third-order valence-electron chi connectivity index (χ3n) is 3.92. The number of alkyl halides is 3. The van der Waals surface area contributed by atoms with Crippen LogP contribution in [0.15, 0.2) is 17.7 Å². The molecule has 25 heavy (non-hydrogen) atoms. The van der Waals surface area contributed by atoms with Crippen LogP contribution in [0.2, 0.25) is 0 Å². The van der Waals surface area contributed by atoms with Crippen LogP contribution in [0.25, 0.3) is 5.57 Å². The smallest absolute Gasteiger partial charge is 0.433 e. The number of hydrogen-bond acceptors (Lipinski definition) is 3. The van der Waals surface area contributed by atoms with E-state index in [4.69, 9.17) is 4.74 Å². The maximum absolute atomic E-state index is 13.0. The average Bonchev–Trinajstić information content (AvgIpc) is 2.93. The van der Waals surface area contributed by atoms with Gasteiger partial charge in [0.2, 0.25) is 0 Å². The standard InChI is InChI=1S/C18H23F3N2O2/c1-11-8-14(9-15(22-11)18(19,20)21)12(2)13-6-7-23(10-13)16(24)25-17(3,4)5/h8-9H,6-7,10H2,1-5H3/b13-12+. The Hall–Kier alpha value is -2.05. The van der Waals surface area contributed by atoms with E-state index in [1.54, 1.807) is 45.6 Å². The molecule has 1 amide bonds. The van der Waals surface area contributed by atoms with Gasteiger partial charge in [0.25, 0.3) is 0 Å². The van der Waals surface area contributed by atoms with Crippen LogP contribution in [0.4, 0.5) is 18.0 Å². The third kappa shape index (κ3) is 4.96. The van der Waals surface area contributed by atoms with Crippen molar-refractivity contribution in [1.82, 2.24) is 9.88 Å². The predicted molar refractivity (Wildman–Crippen MR) is 89.0 cm³/mol. The molecule has 0 spiro atoms. The van der Waals surface area contributed by atoms with Crippen molar-refractivity contribution in [1.29, 1.82) is 0 Å². The first-order valence-corrected chi connectivity index (χ1v) is 8.09. The molecule has 0 aromatic carbocycles. The number of pyridine rings is 1. The zero-order valence-electron chi connectivity index (χ0n) is 15.1. The zero-order chi connectivity index (χ0) is 19.0. The summed E-state index contributed by atoms with van der Waals surface area (Å²) in [6, 6.07) is 2.69. The predicted octanol–water partition coefficient (Wildman–Crippen LogP) is 4.82. The van der Waals surface area contributed by atoms with Gasteiger partial charge in [0, 0.05) is 18.8 Å². The van der Waals surface area contributed by atoms with E-state index >= 15 is 0 Å². The molecule has 2 heterocycles. The Morgan fingerprint density at radius 1 is 1.24 bits per heavy atom. The molecule has 0 N–H and O–H groups in total. The van der Waals surface area contributed by atoms with Crippen molar-refractivity contribution < 1.29 is 22.7 Å². The van der Waals surface area contributed by atoms with Crippen molar-refractivity contribution in [3.8, 4) is 0 Å². The number of likely N-dealkylation sites (tertiary alicyclic amines) is 1. The third-order valence-corrected chi connectivity index (χ3v) is 3.92. The summed E-state index contributed by atoms with van der Waals surface area (Å²) in [7, 11) is 0. The molecule has 0 saturated carbocycles. The molecule has 1 aromatic heterocycles. The number of hydrogen-bond donors (Lipinski definition) is 0. The highest BCUT2D eigenvalue weighted by molar-refractivity contribution is 5.73. The van der Waals surface area contributed by atoms with Gasteiger partial charge in [0.1, 0.15) is 11.3 Å². The van der Waals surface area contributed by atoms with Gasteiger partial charge < -0.3 is 9.64 Å². The molecule has 1 aromatic rings. The number of rotatable bonds is 1. The molecule has 1 aliphatic heterocycles. The van der Waals surface area contributed by atoms with Crippen molar-refractivity contribution >= 4 is 11.7 Å². The lowest BCUT2D eigenvalue weighted by molar-refractivity contribution is -0.141. The van der Waals surface area contributed by atoms with Crippen LogP contribution >= 0.6 is 0 Å². The first-order valence-electron chi connectivity index (χ1n) is 8.09. The molecule has 138 valence electrons. The Kier molecular flexibility index (Phi) is 5.16. The minimum Gasteiger partial charge on any atom is -0.444 e. The van der Waals surface area contributed by atoms with Crippen LogP contribution in [0.3, 0.4) is 0 Å². The van der Waals surface area contributed by atoms with E-state index in [-0.39, 0.29) is 0 Å². The largest absolute Gasteiger partial charge is 0.444 e. The minimum atomic E-state index is -4.48. The van der Waals surface area contributed by atoms with E-state index < -0.39 is 23.6 Å². The summed E-state index contributed by atoms with van der Waals surface area (Å²) < 4.78 is 44.2. The van der Waals surface area contributed by atoms with Gasteiger partial charge in [-0.1, -0.05) is 0 Å². The summed E-state index contributed by atoms with van der Waals surface area (Å²) >= 11 is 0. The maximum atomic E-state index is 13.0. The Morgan fingerprint density at radius 2 is 1.88 bits per heavy atom. The quantitative estimate of drug-likeness (QED) is 0.724. The van der Waals surface area contributed by atoms with E-state index in [2.05, 4.69) is 4.98 Å². The first-order chi connectivity index (χ1) is 11.4. The number of aryl methyl sites for hydroxylation is 1. The van der Waals surface area contributed by atoms with E-state index in [1.165, 1.54) is 0 Å². The lowest BCUT2D eigenvalue weighted by atomic mass is 10.00. The van der Waals surface area contributed by atoms with Gasteiger partial charge in [-0.05, 0) is 69.9 Å². The molecule has 0 unspecified atom stereocenters. The van der Waals surface area contributed by atoms with Gasteiger partial charge in [-0.15, -0.1) is 0 Å². The summed E-state index contributed by atoms with van der Waals surface area (Å²) in [5.41, 5.74) is 1.01. The summed E-state index contributed by atoms with van der Waals surface area (Å²) in [5, 5.41) is 0. The number of amides is 1. The fraction of sp³-hybridized carbons (Fsp3) is 0.556. The lowest BCUT2D eigenvalue weighted by Crippen LogP contribution is -2.34. The van der Waals surface area contributed by atoms with Gasteiger partial charge in [0.15, 0.2) is 0 Å². The zero-order valence-corrected chi connectivity index (χ0v) is 15.1. The van der Waals surface area contributed by atoms with Gasteiger partial charge in [0.05, 0.1) is 0 Å². The number of halogens is 3. The van der Waals surface area contributed by atoms with Gasteiger partial charge in [-0.3, -0.25) is 0 Å². The van der Waals surface area contributed by atoms with Crippen LogP contribution in [0.5, 0.6) is 0 Å². The SMILES string of the molecule is C/C(=C1/CCN(C(=O)OC(C)(C)C)C1)c1cc(C)nc(C(F)(F)F)c1. The maximum Gasteiger partial charge on any atom is 0.433 e. The number of aromatic nitrogens is 1.